The Balaban J connectivity index is 1.58. The van der Waals surface area contributed by atoms with E-state index in [1.165, 1.54) is 12.1 Å². The molecule has 0 bridgehead atoms. The molecule has 0 radical (unpaired) electrons. The summed E-state index contributed by atoms with van der Waals surface area (Å²) in [6.45, 7) is 2.41. The number of amides is 2. The Hall–Kier alpha value is -3.10. The first-order valence-electron chi connectivity index (χ1n) is 11.4. The van der Waals surface area contributed by atoms with Crippen LogP contribution in [0, 0.1) is 18.7 Å². The van der Waals surface area contributed by atoms with Crippen molar-refractivity contribution in [3.63, 3.8) is 0 Å². The number of aromatic nitrogens is 1. The van der Waals surface area contributed by atoms with Gasteiger partial charge in [0.15, 0.2) is 0 Å². The molecular formula is C25H27F4N3O2. The van der Waals surface area contributed by atoms with E-state index in [0.717, 1.165) is 33.7 Å². The molecule has 4 rings (SSSR count). The minimum atomic E-state index is -4.21. The first-order valence-corrected chi connectivity index (χ1v) is 11.4. The van der Waals surface area contributed by atoms with Crippen LogP contribution in [0.2, 0.25) is 0 Å². The van der Waals surface area contributed by atoms with Gasteiger partial charge >= 0.3 is 6.18 Å². The third kappa shape index (κ3) is 5.18. The van der Waals surface area contributed by atoms with E-state index in [4.69, 9.17) is 0 Å². The summed E-state index contributed by atoms with van der Waals surface area (Å²) >= 11 is 0. The van der Waals surface area contributed by atoms with Crippen LogP contribution in [-0.4, -0.2) is 35.6 Å². The summed E-state index contributed by atoms with van der Waals surface area (Å²) in [5, 5.41) is 5.42. The summed E-state index contributed by atoms with van der Waals surface area (Å²) in [5.41, 5.74) is 4.74. The number of hydrogen-bond donors (Lipinski definition) is 3. The molecule has 1 aromatic carbocycles. The number of halogens is 4. The van der Waals surface area contributed by atoms with E-state index >= 15 is 0 Å². The average Bonchev–Trinajstić information content (AvgIpc) is 3.35. The van der Waals surface area contributed by atoms with Crippen molar-refractivity contribution in [1.82, 2.24) is 15.6 Å². The van der Waals surface area contributed by atoms with E-state index in [9.17, 15) is 27.2 Å². The molecule has 1 aromatic heterocycles. The fourth-order valence-corrected chi connectivity index (χ4v) is 4.72. The standard InChI is InChI=1S/C25H27F4N3O2/c1-14-19(10-11-21(33)31-20-12-13-30-24(20)34)23(16-4-8-18(26)9-5-16)32-22(14)15-2-6-17(7-3-15)25(27,28)29/h2,4-5,8-9,17,20,32H,3,6-7,10-13H2,1H3,(H,30,34)(H,31,33). The molecule has 3 N–H and O–H groups in total. The SMILES string of the molecule is Cc1c(C2=CCC(C(F)(F)F)CC2)[nH]c(-c2ccc(F)cc2)c1CCC(=O)NC1CCNC1=O. The molecule has 2 unspecified atom stereocenters. The molecule has 0 saturated carbocycles. The third-order valence-corrected chi connectivity index (χ3v) is 6.69. The van der Waals surface area contributed by atoms with Gasteiger partial charge in [0.2, 0.25) is 11.8 Å². The van der Waals surface area contributed by atoms with Crippen LogP contribution in [0.3, 0.4) is 0 Å². The Morgan fingerprint density at radius 3 is 2.47 bits per heavy atom. The first-order chi connectivity index (χ1) is 16.1. The number of carbonyl (C=O) groups excluding carboxylic acids is 2. The molecule has 2 amide bonds. The summed E-state index contributed by atoms with van der Waals surface area (Å²) in [6, 6.07) is 5.42. The topological polar surface area (TPSA) is 74.0 Å². The number of alkyl halides is 3. The lowest BCUT2D eigenvalue weighted by atomic mass is 9.87. The fourth-order valence-electron chi connectivity index (χ4n) is 4.72. The Morgan fingerprint density at radius 2 is 1.88 bits per heavy atom. The van der Waals surface area contributed by atoms with Crippen molar-refractivity contribution in [1.29, 1.82) is 0 Å². The number of allylic oxidation sites excluding steroid dienone is 2. The lowest BCUT2D eigenvalue weighted by Gasteiger charge is -2.24. The molecular weight excluding hydrogens is 450 g/mol. The zero-order chi connectivity index (χ0) is 24.5. The Bertz CT molecular complexity index is 1100. The summed E-state index contributed by atoms with van der Waals surface area (Å²) in [7, 11) is 0. The Morgan fingerprint density at radius 1 is 1.15 bits per heavy atom. The molecule has 1 aliphatic heterocycles. The van der Waals surface area contributed by atoms with Gasteiger partial charge in [-0.05, 0) is 85.6 Å². The Labute approximate surface area is 195 Å². The molecule has 5 nitrogen and oxygen atoms in total. The maximum Gasteiger partial charge on any atom is 0.392 e. The van der Waals surface area contributed by atoms with Crippen LogP contribution in [0.1, 0.15) is 48.9 Å². The zero-order valence-electron chi connectivity index (χ0n) is 18.8. The second-order valence-electron chi connectivity index (χ2n) is 8.93. The molecule has 9 heteroatoms. The van der Waals surface area contributed by atoms with Crippen LogP contribution in [0.4, 0.5) is 17.6 Å². The minimum absolute atomic E-state index is 0.0286. The summed E-state index contributed by atoms with van der Waals surface area (Å²) < 4.78 is 52.8. The van der Waals surface area contributed by atoms with E-state index < -0.39 is 18.1 Å². The molecule has 182 valence electrons. The second kappa shape index (κ2) is 9.64. The van der Waals surface area contributed by atoms with Crippen molar-refractivity contribution in [3.05, 3.63) is 53.0 Å². The summed E-state index contributed by atoms with van der Waals surface area (Å²) in [5.74, 6) is -2.16. The lowest BCUT2D eigenvalue weighted by molar-refractivity contribution is -0.175. The van der Waals surface area contributed by atoms with Crippen LogP contribution in [-0.2, 0) is 16.0 Å². The maximum absolute atomic E-state index is 13.5. The van der Waals surface area contributed by atoms with Crippen molar-refractivity contribution < 1.29 is 27.2 Å². The van der Waals surface area contributed by atoms with Crippen molar-refractivity contribution in [2.24, 2.45) is 5.92 Å². The molecule has 1 fully saturated rings. The monoisotopic (exact) mass is 477 g/mol. The third-order valence-electron chi connectivity index (χ3n) is 6.69. The van der Waals surface area contributed by atoms with E-state index in [2.05, 4.69) is 15.6 Å². The number of carbonyl (C=O) groups is 2. The average molecular weight is 478 g/mol. The van der Waals surface area contributed by atoms with Crippen LogP contribution in [0.5, 0.6) is 0 Å². The highest BCUT2D eigenvalue weighted by Crippen LogP contribution is 2.41. The maximum atomic E-state index is 13.5. The van der Waals surface area contributed by atoms with Gasteiger partial charge in [0.25, 0.3) is 0 Å². The van der Waals surface area contributed by atoms with Crippen LogP contribution >= 0.6 is 0 Å². The summed E-state index contributed by atoms with van der Waals surface area (Å²) in [6.07, 6.45) is -1.24. The lowest BCUT2D eigenvalue weighted by Crippen LogP contribution is -2.40. The van der Waals surface area contributed by atoms with Crippen molar-refractivity contribution in [2.75, 3.05) is 6.54 Å². The molecule has 0 spiro atoms. The normalized spacial score (nSPS) is 20.7. The number of nitrogens with one attached hydrogen (secondary N) is 3. The molecule has 2 aromatic rings. The molecule has 34 heavy (non-hydrogen) atoms. The highest BCUT2D eigenvalue weighted by atomic mass is 19.4. The van der Waals surface area contributed by atoms with Gasteiger partial charge < -0.3 is 15.6 Å². The van der Waals surface area contributed by atoms with Gasteiger partial charge in [-0.1, -0.05) is 6.08 Å². The van der Waals surface area contributed by atoms with Gasteiger partial charge in [0.1, 0.15) is 11.9 Å². The number of H-pyrrole nitrogens is 1. The van der Waals surface area contributed by atoms with Gasteiger partial charge in [0.05, 0.1) is 5.92 Å². The van der Waals surface area contributed by atoms with Crippen molar-refractivity contribution >= 4 is 17.4 Å². The number of aromatic amines is 1. The molecule has 2 heterocycles. The van der Waals surface area contributed by atoms with Gasteiger partial charge in [-0.25, -0.2) is 4.39 Å². The van der Waals surface area contributed by atoms with E-state index in [-0.39, 0.29) is 36.9 Å². The fraction of sp³-hybridized carbons (Fsp3) is 0.440. The van der Waals surface area contributed by atoms with Gasteiger partial charge in [-0.3, -0.25) is 9.59 Å². The largest absolute Gasteiger partial charge is 0.392 e. The van der Waals surface area contributed by atoms with Crippen LogP contribution < -0.4 is 10.6 Å². The highest BCUT2D eigenvalue weighted by molar-refractivity contribution is 5.89. The number of rotatable bonds is 6. The smallest absolute Gasteiger partial charge is 0.354 e. The first kappa shape index (κ1) is 24.0. The van der Waals surface area contributed by atoms with Crippen LogP contribution in [0.15, 0.2) is 30.3 Å². The molecule has 1 aliphatic carbocycles. The summed E-state index contributed by atoms with van der Waals surface area (Å²) in [4.78, 5) is 27.6. The second-order valence-corrected chi connectivity index (χ2v) is 8.93. The predicted octanol–water partition coefficient (Wildman–Crippen LogP) is 4.81. The van der Waals surface area contributed by atoms with Crippen molar-refractivity contribution in [2.45, 2.75) is 57.7 Å². The van der Waals surface area contributed by atoms with E-state index in [1.54, 1.807) is 18.2 Å². The van der Waals surface area contributed by atoms with E-state index in [0.29, 0.717) is 25.8 Å². The molecule has 1 saturated heterocycles. The molecule has 2 aliphatic rings. The van der Waals surface area contributed by atoms with Gasteiger partial charge in [-0.2, -0.15) is 13.2 Å². The van der Waals surface area contributed by atoms with Gasteiger partial charge in [0, 0.05) is 24.4 Å². The quantitative estimate of drug-likeness (QED) is 0.523. The Kier molecular flexibility index (Phi) is 6.81. The zero-order valence-corrected chi connectivity index (χ0v) is 18.8. The minimum Gasteiger partial charge on any atom is -0.354 e. The number of hydrogen-bond acceptors (Lipinski definition) is 2. The van der Waals surface area contributed by atoms with Crippen molar-refractivity contribution in [3.8, 4) is 11.3 Å². The van der Waals surface area contributed by atoms with Gasteiger partial charge in [-0.15, -0.1) is 0 Å². The van der Waals surface area contributed by atoms with Crippen LogP contribution in [0.25, 0.3) is 16.8 Å². The predicted molar refractivity (Wildman–Crippen MR) is 120 cm³/mol. The molecule has 2 atom stereocenters. The number of benzene rings is 1. The van der Waals surface area contributed by atoms with E-state index in [1.807, 2.05) is 6.92 Å². The highest BCUT2D eigenvalue weighted by Gasteiger charge is 2.40.